The maximum atomic E-state index is 12.6. The number of benzene rings is 1. The van der Waals surface area contributed by atoms with Gasteiger partial charge in [-0.3, -0.25) is 14.9 Å². The van der Waals surface area contributed by atoms with Crippen LogP contribution in [0.15, 0.2) is 35.6 Å². The normalized spacial score (nSPS) is 26.6. The van der Waals surface area contributed by atoms with Gasteiger partial charge >= 0.3 is 6.23 Å². The van der Waals surface area contributed by atoms with Crippen molar-refractivity contribution in [3.05, 3.63) is 56.3 Å². The van der Waals surface area contributed by atoms with Gasteiger partial charge in [0.05, 0.1) is 10.5 Å². The quantitative estimate of drug-likeness (QED) is 0.615. The SMILES string of the molecule is CC1(C)CC(=O)C2=C(C1)O[C@@H]([N+](=O)[O-])[C@@H]2c1ccccc1Cl. The molecule has 0 fully saturated rings. The zero-order chi connectivity index (χ0) is 16.1. The lowest BCUT2D eigenvalue weighted by atomic mass is 9.73. The number of carbonyl (C=O) groups excluding carboxylic acids is 1. The average Bonchev–Trinajstić information content (AvgIpc) is 2.77. The monoisotopic (exact) mass is 321 g/mol. The van der Waals surface area contributed by atoms with Crippen molar-refractivity contribution in [2.45, 2.75) is 38.8 Å². The lowest BCUT2D eigenvalue weighted by Gasteiger charge is -2.28. The summed E-state index contributed by atoms with van der Waals surface area (Å²) < 4.78 is 5.56. The summed E-state index contributed by atoms with van der Waals surface area (Å²) in [5.41, 5.74) is 0.755. The second-order valence-corrected chi connectivity index (χ2v) is 6.98. The van der Waals surface area contributed by atoms with Crippen LogP contribution in [0.2, 0.25) is 5.02 Å². The zero-order valence-electron chi connectivity index (χ0n) is 12.3. The van der Waals surface area contributed by atoms with Gasteiger partial charge in [-0.25, -0.2) is 0 Å². The minimum Gasteiger partial charge on any atom is -0.433 e. The van der Waals surface area contributed by atoms with Crippen LogP contribution in [0.4, 0.5) is 0 Å². The summed E-state index contributed by atoms with van der Waals surface area (Å²) in [5, 5.41) is 11.8. The number of allylic oxidation sites excluding steroid dienone is 1. The van der Waals surface area contributed by atoms with Crippen molar-refractivity contribution in [3.8, 4) is 0 Å². The Morgan fingerprint density at radius 3 is 2.64 bits per heavy atom. The van der Waals surface area contributed by atoms with E-state index < -0.39 is 17.1 Å². The molecule has 0 unspecified atom stereocenters. The molecule has 0 amide bonds. The topological polar surface area (TPSA) is 69.4 Å². The van der Waals surface area contributed by atoms with Gasteiger partial charge in [0.25, 0.3) is 0 Å². The van der Waals surface area contributed by atoms with E-state index in [1.54, 1.807) is 24.3 Å². The molecule has 1 heterocycles. The zero-order valence-corrected chi connectivity index (χ0v) is 13.1. The molecule has 0 bridgehead atoms. The van der Waals surface area contributed by atoms with Gasteiger partial charge in [0.15, 0.2) is 5.78 Å². The molecule has 0 aromatic heterocycles. The molecule has 1 aliphatic heterocycles. The first kappa shape index (κ1) is 15.0. The summed E-state index contributed by atoms with van der Waals surface area (Å²) in [5.74, 6) is -0.365. The van der Waals surface area contributed by atoms with Crippen LogP contribution in [0.25, 0.3) is 0 Å². The fourth-order valence-electron chi connectivity index (χ4n) is 3.29. The fraction of sp³-hybridized carbons (Fsp3) is 0.438. The number of ether oxygens (including phenoxy) is 1. The highest BCUT2D eigenvalue weighted by Crippen LogP contribution is 2.49. The van der Waals surface area contributed by atoms with Crippen LogP contribution in [-0.2, 0) is 9.53 Å². The van der Waals surface area contributed by atoms with Gasteiger partial charge in [-0.1, -0.05) is 43.6 Å². The first-order valence-corrected chi connectivity index (χ1v) is 7.49. The first-order chi connectivity index (χ1) is 10.3. The molecule has 3 rings (SSSR count). The molecule has 6 heteroatoms. The van der Waals surface area contributed by atoms with Crippen molar-refractivity contribution in [1.82, 2.24) is 0 Å². The molecular weight excluding hydrogens is 306 g/mol. The van der Waals surface area contributed by atoms with Crippen LogP contribution < -0.4 is 0 Å². The van der Waals surface area contributed by atoms with Crippen LogP contribution in [0.3, 0.4) is 0 Å². The van der Waals surface area contributed by atoms with Crippen LogP contribution in [0.1, 0.15) is 38.2 Å². The first-order valence-electron chi connectivity index (χ1n) is 7.11. The number of hydrogen-bond donors (Lipinski definition) is 0. The number of nitro groups is 1. The highest BCUT2D eigenvalue weighted by molar-refractivity contribution is 6.31. The van der Waals surface area contributed by atoms with E-state index >= 15 is 0 Å². The highest BCUT2D eigenvalue weighted by Gasteiger charge is 2.52. The summed E-state index contributed by atoms with van der Waals surface area (Å²) in [7, 11) is 0. The van der Waals surface area contributed by atoms with E-state index in [4.69, 9.17) is 16.3 Å². The maximum absolute atomic E-state index is 12.6. The molecule has 2 atom stereocenters. The molecule has 0 spiro atoms. The van der Waals surface area contributed by atoms with Crippen molar-refractivity contribution >= 4 is 17.4 Å². The Bertz CT molecular complexity index is 695. The van der Waals surface area contributed by atoms with E-state index in [-0.39, 0.29) is 11.2 Å². The van der Waals surface area contributed by atoms with Crippen molar-refractivity contribution in [1.29, 1.82) is 0 Å². The number of halogens is 1. The third-order valence-corrected chi connectivity index (χ3v) is 4.53. The van der Waals surface area contributed by atoms with Crippen molar-refractivity contribution in [3.63, 3.8) is 0 Å². The number of nitrogens with zero attached hydrogens (tertiary/aromatic N) is 1. The second kappa shape index (κ2) is 5.09. The fourth-order valence-corrected chi connectivity index (χ4v) is 3.54. The number of hydrogen-bond acceptors (Lipinski definition) is 4. The molecule has 2 aliphatic rings. The highest BCUT2D eigenvalue weighted by atomic mass is 35.5. The van der Waals surface area contributed by atoms with E-state index in [0.29, 0.717) is 34.8 Å². The van der Waals surface area contributed by atoms with Crippen LogP contribution in [-0.4, -0.2) is 16.9 Å². The summed E-state index contributed by atoms with van der Waals surface area (Å²) >= 11 is 6.20. The summed E-state index contributed by atoms with van der Waals surface area (Å²) in [4.78, 5) is 23.5. The standard InChI is InChI=1S/C16H16ClNO4/c1-16(2)7-11(19)14-12(8-16)22-15(18(20)21)13(14)9-5-3-4-6-10(9)17/h3-6,13,15H,7-8H2,1-2H3/t13-,15-/m1/s1. The maximum Gasteiger partial charge on any atom is 0.364 e. The summed E-state index contributed by atoms with van der Waals surface area (Å²) in [6, 6.07) is 6.90. The van der Waals surface area contributed by atoms with Gasteiger partial charge in [-0.05, 0) is 17.0 Å². The van der Waals surface area contributed by atoms with Crippen molar-refractivity contribution < 1.29 is 14.5 Å². The number of Topliss-reactive ketones (excluding diaryl/α,β-unsaturated/α-hetero) is 1. The number of ketones is 1. The van der Waals surface area contributed by atoms with Gasteiger partial charge < -0.3 is 4.74 Å². The van der Waals surface area contributed by atoms with Crippen LogP contribution in [0, 0.1) is 15.5 Å². The smallest absolute Gasteiger partial charge is 0.364 e. The van der Waals surface area contributed by atoms with Crippen molar-refractivity contribution in [2.75, 3.05) is 0 Å². The predicted molar refractivity (Wildman–Crippen MR) is 81.1 cm³/mol. The molecule has 22 heavy (non-hydrogen) atoms. The molecule has 116 valence electrons. The molecular formula is C16H16ClNO4. The van der Waals surface area contributed by atoms with E-state index in [0.717, 1.165) is 0 Å². The molecule has 0 saturated carbocycles. The largest absolute Gasteiger partial charge is 0.433 e. The van der Waals surface area contributed by atoms with E-state index in [2.05, 4.69) is 0 Å². The average molecular weight is 322 g/mol. The Hall–Kier alpha value is -1.88. The Labute approximate surface area is 133 Å². The van der Waals surface area contributed by atoms with E-state index in [9.17, 15) is 14.9 Å². The lowest BCUT2D eigenvalue weighted by molar-refractivity contribution is -0.570. The summed E-state index contributed by atoms with van der Waals surface area (Å²) in [6.07, 6.45) is -0.400. The van der Waals surface area contributed by atoms with Crippen LogP contribution in [0.5, 0.6) is 0 Å². The van der Waals surface area contributed by atoms with Gasteiger partial charge in [0.1, 0.15) is 11.7 Å². The van der Waals surface area contributed by atoms with Crippen molar-refractivity contribution in [2.24, 2.45) is 5.41 Å². The molecule has 1 aliphatic carbocycles. The second-order valence-electron chi connectivity index (χ2n) is 6.57. The Morgan fingerprint density at radius 2 is 2.00 bits per heavy atom. The van der Waals surface area contributed by atoms with Gasteiger partial charge in [0.2, 0.25) is 0 Å². The van der Waals surface area contributed by atoms with E-state index in [1.807, 2.05) is 13.8 Å². The van der Waals surface area contributed by atoms with Gasteiger partial charge in [-0.2, -0.15) is 0 Å². The molecule has 0 saturated heterocycles. The Kier molecular flexibility index (Phi) is 3.48. The third kappa shape index (κ3) is 2.39. The molecule has 0 radical (unpaired) electrons. The third-order valence-electron chi connectivity index (χ3n) is 4.19. The molecule has 1 aromatic carbocycles. The lowest BCUT2D eigenvalue weighted by Crippen LogP contribution is -2.29. The summed E-state index contributed by atoms with van der Waals surface area (Å²) in [6.45, 7) is 3.92. The Morgan fingerprint density at radius 1 is 1.32 bits per heavy atom. The molecule has 0 N–H and O–H groups in total. The minimum atomic E-state index is -1.29. The Balaban J connectivity index is 2.12. The number of carbonyl (C=O) groups is 1. The molecule has 1 aromatic rings. The van der Waals surface area contributed by atoms with Gasteiger partial charge in [0, 0.05) is 17.9 Å². The number of rotatable bonds is 2. The van der Waals surface area contributed by atoms with Gasteiger partial charge in [-0.15, -0.1) is 0 Å². The minimum absolute atomic E-state index is 0.0829. The van der Waals surface area contributed by atoms with Crippen LogP contribution >= 0.6 is 11.6 Å². The van der Waals surface area contributed by atoms with E-state index in [1.165, 1.54) is 0 Å². The molecule has 5 nitrogen and oxygen atoms in total. The predicted octanol–water partition coefficient (Wildman–Crippen LogP) is 3.70.